The Hall–Kier alpha value is -2.20. The molecule has 2 heterocycles. The molecule has 0 bridgehead atoms. The molecule has 0 aromatic heterocycles. The smallest absolute Gasteiger partial charge is 0.464 e. The van der Waals surface area contributed by atoms with Gasteiger partial charge in [-0.2, -0.15) is 13.2 Å². The lowest BCUT2D eigenvalue weighted by Gasteiger charge is -2.35. The Morgan fingerprint density at radius 3 is 2.57 bits per heavy atom. The lowest BCUT2D eigenvalue weighted by atomic mass is 9.95. The number of rotatable bonds is 9. The van der Waals surface area contributed by atoms with Gasteiger partial charge in [-0.25, -0.2) is 4.79 Å². The molecule has 0 spiro atoms. The van der Waals surface area contributed by atoms with Gasteiger partial charge in [0.2, 0.25) is 0 Å². The number of piperidine rings is 1. The first-order valence-electron chi connectivity index (χ1n) is 12.1. The third kappa shape index (κ3) is 6.73. The number of thioether (sulfide) groups is 1. The van der Waals surface area contributed by atoms with Gasteiger partial charge in [0, 0.05) is 23.9 Å². The number of ether oxygens (including phenoxy) is 1. The highest BCUT2D eigenvalue weighted by atomic mass is 32.2. The second-order valence-electron chi connectivity index (χ2n) is 9.49. The molecule has 3 unspecified atom stereocenters. The molecule has 3 aliphatic rings. The highest BCUT2D eigenvalue weighted by Crippen LogP contribution is 2.46. The van der Waals surface area contributed by atoms with Crippen molar-refractivity contribution in [3.63, 3.8) is 0 Å². The Kier molecular flexibility index (Phi) is 8.31. The van der Waals surface area contributed by atoms with Crippen molar-refractivity contribution in [3.8, 4) is 0 Å². The van der Waals surface area contributed by atoms with E-state index in [4.69, 9.17) is 4.74 Å². The van der Waals surface area contributed by atoms with Gasteiger partial charge in [-0.05, 0) is 63.2 Å². The van der Waals surface area contributed by atoms with Crippen LogP contribution < -0.4 is 5.32 Å². The second-order valence-corrected chi connectivity index (χ2v) is 10.6. The zero-order chi connectivity index (χ0) is 25.0. The molecule has 3 atom stereocenters. The number of carbonyl (C=O) groups excluding carboxylic acids is 2. The summed E-state index contributed by atoms with van der Waals surface area (Å²) in [5.74, 6) is -2.00. The van der Waals surface area contributed by atoms with Crippen molar-refractivity contribution in [2.45, 2.75) is 55.6 Å². The van der Waals surface area contributed by atoms with Crippen LogP contribution in [-0.2, 0) is 14.3 Å². The van der Waals surface area contributed by atoms with Gasteiger partial charge in [-0.3, -0.25) is 4.79 Å². The minimum atomic E-state index is -4.85. The van der Waals surface area contributed by atoms with Gasteiger partial charge < -0.3 is 19.9 Å². The third-order valence-corrected chi connectivity index (χ3v) is 8.12. The monoisotopic (exact) mass is 511 g/mol. The Labute approximate surface area is 208 Å². The van der Waals surface area contributed by atoms with Crippen molar-refractivity contribution in [3.05, 3.63) is 47.0 Å². The average Bonchev–Trinajstić information content (AvgIpc) is 3.51. The molecule has 1 saturated heterocycles. The number of benzene rings is 1. The second kappa shape index (κ2) is 11.2. The van der Waals surface area contributed by atoms with E-state index in [0.717, 1.165) is 55.8 Å². The number of alkyl halides is 3. The molecule has 0 radical (unpaired) electrons. The molecule has 6 nitrogen and oxygen atoms in total. The van der Waals surface area contributed by atoms with E-state index in [2.05, 4.69) is 10.2 Å². The number of likely N-dealkylation sites (tertiary alicyclic amines) is 1. The van der Waals surface area contributed by atoms with E-state index in [1.165, 1.54) is 7.11 Å². The van der Waals surface area contributed by atoms with Gasteiger partial charge in [-0.1, -0.05) is 30.3 Å². The molecule has 1 aliphatic carbocycles. The van der Waals surface area contributed by atoms with E-state index >= 15 is 0 Å². The van der Waals surface area contributed by atoms with Gasteiger partial charge in [0.05, 0.1) is 12.5 Å². The zero-order valence-electron chi connectivity index (χ0n) is 19.8. The molecule has 1 saturated carbocycles. The van der Waals surface area contributed by atoms with Gasteiger partial charge in [0.15, 0.2) is 0 Å². The van der Waals surface area contributed by atoms with Crippen LogP contribution in [0.5, 0.6) is 0 Å². The number of hydrogen-bond acceptors (Lipinski definition) is 6. The van der Waals surface area contributed by atoms with Crippen molar-refractivity contribution in [1.29, 1.82) is 0 Å². The van der Waals surface area contributed by atoms with Crippen LogP contribution >= 0.6 is 11.8 Å². The highest BCUT2D eigenvalue weighted by Gasteiger charge is 2.52. The topological polar surface area (TPSA) is 61.9 Å². The molecule has 1 aromatic rings. The summed E-state index contributed by atoms with van der Waals surface area (Å²) < 4.78 is 44.8. The molecule has 1 amide bonds. The number of hydrogen-bond donors (Lipinski definition) is 1. The quantitative estimate of drug-likeness (QED) is 0.504. The minimum Gasteiger partial charge on any atom is -0.464 e. The summed E-state index contributed by atoms with van der Waals surface area (Å²) in [6.07, 6.45) is -0.831. The van der Waals surface area contributed by atoms with Crippen LogP contribution in [0.15, 0.2) is 41.4 Å². The molecule has 35 heavy (non-hydrogen) atoms. The number of amides is 1. The van der Waals surface area contributed by atoms with Gasteiger partial charge in [0.25, 0.3) is 0 Å². The fraction of sp³-hybridized carbons (Fsp3) is 0.600. The first-order valence-corrected chi connectivity index (χ1v) is 13.1. The fourth-order valence-corrected chi connectivity index (χ4v) is 6.00. The summed E-state index contributed by atoms with van der Waals surface area (Å²) in [5, 5.41) is 5.11. The van der Waals surface area contributed by atoms with Crippen LogP contribution in [0.3, 0.4) is 0 Å². The van der Waals surface area contributed by atoms with E-state index in [0.29, 0.717) is 12.1 Å². The first kappa shape index (κ1) is 25.9. The number of carbonyl (C=O) groups is 2. The Balaban J connectivity index is 1.22. The molecule has 192 valence electrons. The van der Waals surface area contributed by atoms with Crippen LogP contribution in [0.25, 0.3) is 0 Å². The first-order chi connectivity index (χ1) is 16.8. The molecule has 4 rings (SSSR count). The summed E-state index contributed by atoms with van der Waals surface area (Å²) in [6.45, 7) is 2.72. The predicted molar refractivity (Wildman–Crippen MR) is 128 cm³/mol. The van der Waals surface area contributed by atoms with Crippen LogP contribution in [0.4, 0.5) is 13.2 Å². The number of halogens is 3. The van der Waals surface area contributed by atoms with E-state index in [9.17, 15) is 22.8 Å². The summed E-state index contributed by atoms with van der Waals surface area (Å²) in [5.41, 5.74) is 1.49. The number of methoxy groups -OCH3 is 1. The lowest BCUT2D eigenvalue weighted by Crippen LogP contribution is -2.47. The average molecular weight is 512 g/mol. The van der Waals surface area contributed by atoms with E-state index < -0.39 is 12.1 Å². The summed E-state index contributed by atoms with van der Waals surface area (Å²) in [4.78, 5) is 27.3. The number of nitrogens with zero attached hydrogens (tertiary/aromatic N) is 2. The molecular weight excluding hydrogens is 479 g/mol. The van der Waals surface area contributed by atoms with E-state index in [1.54, 1.807) is 17.2 Å². The predicted octanol–water partition coefficient (Wildman–Crippen LogP) is 4.10. The molecule has 2 aliphatic heterocycles. The largest absolute Gasteiger partial charge is 0.471 e. The molecule has 10 heteroatoms. The van der Waals surface area contributed by atoms with Crippen LogP contribution in [0.2, 0.25) is 0 Å². The van der Waals surface area contributed by atoms with Crippen molar-refractivity contribution in [2.75, 3.05) is 33.3 Å². The Morgan fingerprint density at radius 1 is 1.20 bits per heavy atom. The maximum atomic E-state index is 13.4. The normalized spacial score (nSPS) is 25.0. The molecule has 2 fully saturated rings. The van der Waals surface area contributed by atoms with E-state index in [1.807, 2.05) is 30.3 Å². The summed E-state index contributed by atoms with van der Waals surface area (Å²) in [6, 6.07) is 9.12. The molecular formula is C25H32F3N3O3S. The third-order valence-electron chi connectivity index (χ3n) is 7.06. The van der Waals surface area contributed by atoms with Crippen LogP contribution in [0, 0.1) is 5.92 Å². The summed E-state index contributed by atoms with van der Waals surface area (Å²) in [7, 11) is 1.36. The van der Waals surface area contributed by atoms with Crippen LogP contribution in [-0.4, -0.2) is 72.6 Å². The van der Waals surface area contributed by atoms with Crippen LogP contribution in [0.1, 0.15) is 43.6 Å². The summed E-state index contributed by atoms with van der Waals surface area (Å²) >= 11 is 1.58. The maximum Gasteiger partial charge on any atom is 0.471 e. The van der Waals surface area contributed by atoms with Crippen molar-refractivity contribution in [1.82, 2.24) is 15.1 Å². The number of esters is 1. The standard InChI is InChI=1S/C25H32F3N3O3S/c1-34-23(32)20-16-35-22(29-20)8-5-11-30-12-9-17(10-13-30)15-31(24(33)25(26,27)28)21-14-19(21)18-6-3-2-4-7-18/h2-4,6-7,16-17,19,21-22,29H,5,8-15H2,1H3. The number of nitrogens with one attached hydrogen (secondary N) is 1. The van der Waals surface area contributed by atoms with Crippen molar-refractivity contribution in [2.24, 2.45) is 5.92 Å². The fourth-order valence-electron chi connectivity index (χ4n) is 5.04. The Morgan fingerprint density at radius 2 is 1.91 bits per heavy atom. The maximum absolute atomic E-state index is 13.4. The van der Waals surface area contributed by atoms with Gasteiger partial charge in [0.1, 0.15) is 5.70 Å². The lowest BCUT2D eigenvalue weighted by molar-refractivity contribution is -0.187. The SMILES string of the molecule is COC(=O)C1=CSC(CCCN2CCC(CN(C(=O)C(F)(F)F)C3CC3c3ccccc3)CC2)N1. The Bertz CT molecular complexity index is 920. The van der Waals surface area contributed by atoms with Crippen molar-refractivity contribution >= 4 is 23.6 Å². The van der Waals surface area contributed by atoms with Gasteiger partial charge in [-0.15, -0.1) is 11.8 Å². The van der Waals surface area contributed by atoms with E-state index in [-0.39, 0.29) is 35.8 Å². The molecule has 1 aromatic carbocycles. The zero-order valence-corrected chi connectivity index (χ0v) is 20.6. The minimum absolute atomic E-state index is 0.0150. The highest BCUT2D eigenvalue weighted by molar-refractivity contribution is 8.03. The molecule has 1 N–H and O–H groups in total. The van der Waals surface area contributed by atoms with Crippen molar-refractivity contribution < 1.29 is 27.5 Å². The van der Waals surface area contributed by atoms with Gasteiger partial charge >= 0.3 is 18.1 Å².